The smallest absolute Gasteiger partial charge is 0.331 e. The number of rotatable bonds is 8. The fourth-order valence-electron chi connectivity index (χ4n) is 4.66. The summed E-state index contributed by atoms with van der Waals surface area (Å²) in [7, 11) is 1.39. The van der Waals surface area contributed by atoms with E-state index in [4.69, 9.17) is 11.3 Å². The van der Waals surface area contributed by atoms with Crippen LogP contribution in [0.1, 0.15) is 63.9 Å². The van der Waals surface area contributed by atoms with Crippen molar-refractivity contribution >= 4 is 17.6 Å². The molecular formula is C27H31FN2O3. The molecule has 0 heterocycles. The molecule has 3 rings (SSSR count). The fourth-order valence-corrected chi connectivity index (χ4v) is 4.66. The molecule has 1 amide bonds. The lowest BCUT2D eigenvalue weighted by Crippen LogP contribution is -2.58. The maximum absolute atomic E-state index is 13.8. The van der Waals surface area contributed by atoms with Crippen LogP contribution in [-0.2, 0) is 20.9 Å². The van der Waals surface area contributed by atoms with Crippen LogP contribution in [-0.4, -0.2) is 29.4 Å². The SMILES string of the molecule is [C-]#[N+]c1ccc(F)cc1-c1ccc(CN(C(=O)CCCC)C2(C(=O)OC)CCCCC2)cc1. The van der Waals surface area contributed by atoms with Gasteiger partial charge in [-0.2, -0.15) is 0 Å². The number of carbonyl (C=O) groups is 2. The van der Waals surface area contributed by atoms with Gasteiger partial charge in [-0.25, -0.2) is 14.0 Å². The number of amides is 1. The molecule has 1 aliphatic rings. The van der Waals surface area contributed by atoms with E-state index in [1.54, 1.807) is 4.90 Å². The number of benzene rings is 2. The van der Waals surface area contributed by atoms with Gasteiger partial charge in [0.15, 0.2) is 5.69 Å². The summed E-state index contributed by atoms with van der Waals surface area (Å²) in [5.41, 5.74) is 1.58. The van der Waals surface area contributed by atoms with Crippen LogP contribution in [0.2, 0.25) is 0 Å². The molecule has 0 aliphatic heterocycles. The molecule has 0 spiro atoms. The lowest BCUT2D eigenvalue weighted by molar-refractivity contribution is -0.166. The van der Waals surface area contributed by atoms with Crippen molar-refractivity contribution in [3.8, 4) is 11.1 Å². The predicted octanol–water partition coefficient (Wildman–Crippen LogP) is 6.44. The van der Waals surface area contributed by atoms with Crippen molar-refractivity contribution < 1.29 is 18.7 Å². The minimum absolute atomic E-state index is 0.0337. The van der Waals surface area contributed by atoms with E-state index in [0.717, 1.165) is 43.2 Å². The number of halogens is 1. The van der Waals surface area contributed by atoms with Crippen LogP contribution in [0.3, 0.4) is 0 Å². The molecule has 1 saturated carbocycles. The molecule has 174 valence electrons. The number of carbonyl (C=O) groups excluding carboxylic acids is 2. The molecule has 0 atom stereocenters. The van der Waals surface area contributed by atoms with Crippen LogP contribution in [0.5, 0.6) is 0 Å². The summed E-state index contributed by atoms with van der Waals surface area (Å²) < 4.78 is 19.0. The van der Waals surface area contributed by atoms with Gasteiger partial charge in [-0.1, -0.05) is 62.9 Å². The zero-order valence-corrected chi connectivity index (χ0v) is 19.4. The second-order valence-corrected chi connectivity index (χ2v) is 8.64. The van der Waals surface area contributed by atoms with Crippen molar-refractivity contribution in [1.29, 1.82) is 0 Å². The van der Waals surface area contributed by atoms with Crippen molar-refractivity contribution in [1.82, 2.24) is 4.90 Å². The van der Waals surface area contributed by atoms with Gasteiger partial charge in [0, 0.05) is 13.0 Å². The van der Waals surface area contributed by atoms with E-state index in [2.05, 4.69) is 4.85 Å². The number of nitrogens with zero attached hydrogens (tertiary/aromatic N) is 2. The topological polar surface area (TPSA) is 51.0 Å². The third-order valence-electron chi connectivity index (χ3n) is 6.49. The average Bonchev–Trinajstić information content (AvgIpc) is 2.86. The molecule has 5 nitrogen and oxygen atoms in total. The highest BCUT2D eigenvalue weighted by atomic mass is 19.1. The molecule has 0 bridgehead atoms. The Balaban J connectivity index is 1.93. The van der Waals surface area contributed by atoms with E-state index in [0.29, 0.717) is 37.1 Å². The maximum Gasteiger partial charge on any atom is 0.331 e. The molecule has 1 aliphatic carbocycles. The molecule has 0 N–H and O–H groups in total. The quantitative estimate of drug-likeness (QED) is 0.344. The Hall–Kier alpha value is -3.20. The average molecular weight is 451 g/mol. The van der Waals surface area contributed by atoms with Gasteiger partial charge in [-0.15, -0.1) is 0 Å². The van der Waals surface area contributed by atoms with Gasteiger partial charge in [0.1, 0.15) is 11.4 Å². The van der Waals surface area contributed by atoms with Crippen LogP contribution in [0.15, 0.2) is 42.5 Å². The molecule has 0 radical (unpaired) electrons. The number of methoxy groups -OCH3 is 1. The molecule has 0 unspecified atom stereocenters. The van der Waals surface area contributed by atoms with Gasteiger partial charge in [0.2, 0.25) is 5.91 Å². The van der Waals surface area contributed by atoms with Crippen LogP contribution >= 0.6 is 0 Å². The predicted molar refractivity (Wildman–Crippen MR) is 126 cm³/mol. The minimum atomic E-state index is -0.934. The lowest BCUT2D eigenvalue weighted by Gasteiger charge is -2.44. The molecule has 33 heavy (non-hydrogen) atoms. The molecule has 0 aromatic heterocycles. The number of esters is 1. The van der Waals surface area contributed by atoms with Gasteiger partial charge in [-0.05, 0) is 48.1 Å². The first-order valence-corrected chi connectivity index (χ1v) is 11.6. The molecule has 2 aromatic carbocycles. The van der Waals surface area contributed by atoms with Crippen molar-refractivity contribution in [2.75, 3.05) is 7.11 Å². The Bertz CT molecular complexity index is 1020. The highest BCUT2D eigenvalue weighted by Gasteiger charge is 2.47. The first-order chi connectivity index (χ1) is 15.9. The zero-order chi connectivity index (χ0) is 23.8. The Kier molecular flexibility index (Phi) is 8.21. The standard InChI is InChI=1S/C27H31FN2O3/c1-4-5-9-25(31)30(27(26(32)33-3)16-7-6-8-17-27)19-20-10-12-21(13-11-20)23-18-22(28)14-15-24(23)29-2/h10-15,18H,4-9,16-17,19H2,1,3H3. The molecule has 1 fully saturated rings. The summed E-state index contributed by atoms with van der Waals surface area (Å²) in [6.07, 6.45) is 6.07. The largest absolute Gasteiger partial charge is 0.467 e. The van der Waals surface area contributed by atoms with E-state index < -0.39 is 11.4 Å². The second-order valence-electron chi connectivity index (χ2n) is 8.64. The summed E-state index contributed by atoms with van der Waals surface area (Å²) >= 11 is 0. The summed E-state index contributed by atoms with van der Waals surface area (Å²) in [5, 5.41) is 0. The first-order valence-electron chi connectivity index (χ1n) is 11.6. The van der Waals surface area contributed by atoms with Crippen molar-refractivity contribution in [3.05, 3.63) is 65.3 Å². The minimum Gasteiger partial charge on any atom is -0.467 e. The normalized spacial score (nSPS) is 14.8. The van der Waals surface area contributed by atoms with Gasteiger partial charge >= 0.3 is 5.97 Å². The Labute approximate surface area is 195 Å². The van der Waals surface area contributed by atoms with Crippen LogP contribution < -0.4 is 0 Å². The molecule has 2 aromatic rings. The molecule has 6 heteroatoms. The van der Waals surface area contributed by atoms with Crippen molar-refractivity contribution in [2.24, 2.45) is 0 Å². The van der Waals surface area contributed by atoms with Crippen LogP contribution in [0.4, 0.5) is 10.1 Å². The third-order valence-corrected chi connectivity index (χ3v) is 6.49. The van der Waals surface area contributed by atoms with E-state index in [9.17, 15) is 14.0 Å². The Morgan fingerprint density at radius 1 is 1.12 bits per heavy atom. The first kappa shape index (κ1) is 24.4. The van der Waals surface area contributed by atoms with Gasteiger partial charge in [-0.3, -0.25) is 4.79 Å². The van der Waals surface area contributed by atoms with E-state index in [1.807, 2.05) is 31.2 Å². The van der Waals surface area contributed by atoms with Crippen LogP contribution in [0.25, 0.3) is 16.0 Å². The third kappa shape index (κ3) is 5.42. The summed E-state index contributed by atoms with van der Waals surface area (Å²) in [6.45, 7) is 9.69. The van der Waals surface area contributed by atoms with Gasteiger partial charge in [0.05, 0.1) is 13.7 Å². The number of unbranched alkanes of at least 4 members (excludes halogenated alkanes) is 1. The lowest BCUT2D eigenvalue weighted by atomic mass is 9.79. The highest BCUT2D eigenvalue weighted by Crippen LogP contribution is 2.37. The van der Waals surface area contributed by atoms with Gasteiger partial charge in [0.25, 0.3) is 0 Å². The molecular weight excluding hydrogens is 419 g/mol. The van der Waals surface area contributed by atoms with E-state index in [-0.39, 0.29) is 11.9 Å². The summed E-state index contributed by atoms with van der Waals surface area (Å²) in [4.78, 5) is 31.5. The molecule has 0 saturated heterocycles. The monoisotopic (exact) mass is 450 g/mol. The number of hydrogen-bond donors (Lipinski definition) is 0. The number of ether oxygens (including phenoxy) is 1. The highest BCUT2D eigenvalue weighted by molar-refractivity contribution is 5.88. The van der Waals surface area contributed by atoms with Crippen molar-refractivity contribution in [3.63, 3.8) is 0 Å². The van der Waals surface area contributed by atoms with Gasteiger partial charge < -0.3 is 9.64 Å². The second kappa shape index (κ2) is 11.1. The van der Waals surface area contributed by atoms with E-state index >= 15 is 0 Å². The Morgan fingerprint density at radius 3 is 2.42 bits per heavy atom. The van der Waals surface area contributed by atoms with Crippen molar-refractivity contribution in [2.45, 2.75) is 70.4 Å². The number of hydrogen-bond acceptors (Lipinski definition) is 3. The van der Waals surface area contributed by atoms with Crippen LogP contribution in [0, 0.1) is 12.4 Å². The fraction of sp³-hybridized carbons (Fsp3) is 0.444. The zero-order valence-electron chi connectivity index (χ0n) is 19.4. The summed E-state index contributed by atoms with van der Waals surface area (Å²) in [5.74, 6) is -0.773. The summed E-state index contributed by atoms with van der Waals surface area (Å²) in [6, 6.07) is 11.5. The maximum atomic E-state index is 13.8. The Morgan fingerprint density at radius 2 is 1.82 bits per heavy atom. The van der Waals surface area contributed by atoms with E-state index in [1.165, 1.54) is 25.3 Å².